The number of anilines is 1. The van der Waals surface area contributed by atoms with E-state index in [-0.39, 0.29) is 5.56 Å². The zero-order chi connectivity index (χ0) is 21.5. The van der Waals surface area contributed by atoms with E-state index in [9.17, 15) is 4.79 Å². The Bertz CT molecular complexity index is 1500. The van der Waals surface area contributed by atoms with Gasteiger partial charge in [0.2, 0.25) is 0 Å². The van der Waals surface area contributed by atoms with Crippen LogP contribution in [-0.2, 0) is 13.6 Å². The third-order valence-corrected chi connectivity index (χ3v) is 5.48. The standard InChI is InChI=1S/C25H22N4O2/c1-16-5-3-6-17(11-16)15-29-25(30)24-22(14-27-29)21-10-9-20(13-23(21)28(24)2)31-19-8-4-7-18(26)12-19/h3-14H,15,26H2,1-2H3. The molecule has 6 nitrogen and oxygen atoms in total. The molecule has 2 N–H and O–H groups in total. The van der Waals surface area contributed by atoms with Crippen molar-refractivity contribution < 1.29 is 4.74 Å². The van der Waals surface area contributed by atoms with Gasteiger partial charge in [-0.05, 0) is 36.8 Å². The molecule has 154 valence electrons. The summed E-state index contributed by atoms with van der Waals surface area (Å²) in [7, 11) is 1.90. The number of fused-ring (bicyclic) bond motifs is 3. The van der Waals surface area contributed by atoms with Crippen molar-refractivity contribution in [3.05, 3.63) is 94.4 Å². The topological polar surface area (TPSA) is 75.1 Å². The third-order valence-electron chi connectivity index (χ3n) is 5.48. The van der Waals surface area contributed by atoms with Crippen LogP contribution in [0.5, 0.6) is 11.5 Å². The number of benzene rings is 3. The number of nitrogens with zero attached hydrogens (tertiary/aromatic N) is 3. The summed E-state index contributed by atoms with van der Waals surface area (Å²) in [5, 5.41) is 6.24. The molecule has 0 spiro atoms. The normalized spacial score (nSPS) is 11.3. The van der Waals surface area contributed by atoms with Gasteiger partial charge in [-0.25, -0.2) is 4.68 Å². The molecular weight excluding hydrogens is 388 g/mol. The van der Waals surface area contributed by atoms with Crippen molar-refractivity contribution in [3.8, 4) is 11.5 Å². The predicted molar refractivity (Wildman–Crippen MR) is 124 cm³/mol. The first-order valence-corrected chi connectivity index (χ1v) is 10.1. The maximum Gasteiger partial charge on any atom is 0.291 e. The zero-order valence-corrected chi connectivity index (χ0v) is 17.4. The zero-order valence-electron chi connectivity index (χ0n) is 17.4. The monoisotopic (exact) mass is 410 g/mol. The highest BCUT2D eigenvalue weighted by molar-refractivity contribution is 6.07. The van der Waals surface area contributed by atoms with Crippen molar-refractivity contribution in [2.75, 3.05) is 5.73 Å². The Morgan fingerprint density at radius 2 is 1.77 bits per heavy atom. The van der Waals surface area contributed by atoms with Crippen LogP contribution >= 0.6 is 0 Å². The Hall–Kier alpha value is -4.06. The van der Waals surface area contributed by atoms with E-state index < -0.39 is 0 Å². The van der Waals surface area contributed by atoms with Crippen LogP contribution in [0.3, 0.4) is 0 Å². The maximum absolute atomic E-state index is 13.3. The van der Waals surface area contributed by atoms with E-state index in [1.54, 1.807) is 12.3 Å². The smallest absolute Gasteiger partial charge is 0.291 e. The van der Waals surface area contributed by atoms with Gasteiger partial charge in [-0.15, -0.1) is 0 Å². The fourth-order valence-electron chi connectivity index (χ4n) is 4.01. The van der Waals surface area contributed by atoms with Gasteiger partial charge in [-0.3, -0.25) is 4.79 Å². The first-order valence-electron chi connectivity index (χ1n) is 10.1. The van der Waals surface area contributed by atoms with E-state index in [0.29, 0.717) is 29.2 Å². The van der Waals surface area contributed by atoms with Crippen LogP contribution in [0.1, 0.15) is 11.1 Å². The van der Waals surface area contributed by atoms with Gasteiger partial charge in [0, 0.05) is 35.6 Å². The van der Waals surface area contributed by atoms with Crippen LogP contribution in [0, 0.1) is 6.92 Å². The number of hydrogen-bond acceptors (Lipinski definition) is 4. The first-order chi connectivity index (χ1) is 15.0. The van der Waals surface area contributed by atoms with E-state index in [1.807, 2.05) is 73.1 Å². The number of ether oxygens (including phenoxy) is 1. The van der Waals surface area contributed by atoms with Gasteiger partial charge in [-0.1, -0.05) is 35.9 Å². The highest BCUT2D eigenvalue weighted by atomic mass is 16.5. The molecule has 0 unspecified atom stereocenters. The van der Waals surface area contributed by atoms with Crippen molar-refractivity contribution >= 4 is 27.5 Å². The van der Waals surface area contributed by atoms with Crippen molar-refractivity contribution in [2.24, 2.45) is 7.05 Å². The molecule has 0 saturated heterocycles. The Kier molecular flexibility index (Phi) is 4.47. The largest absolute Gasteiger partial charge is 0.457 e. The van der Waals surface area contributed by atoms with Gasteiger partial charge in [0.15, 0.2) is 0 Å². The Balaban J connectivity index is 1.58. The fourth-order valence-corrected chi connectivity index (χ4v) is 4.01. The Morgan fingerprint density at radius 1 is 0.968 bits per heavy atom. The molecule has 5 rings (SSSR count). The molecule has 0 atom stereocenters. The molecule has 0 aliphatic heterocycles. The average molecular weight is 410 g/mol. The Morgan fingerprint density at radius 3 is 2.58 bits per heavy atom. The maximum atomic E-state index is 13.3. The molecule has 2 aromatic heterocycles. The summed E-state index contributed by atoms with van der Waals surface area (Å²) >= 11 is 0. The second-order valence-electron chi connectivity index (χ2n) is 7.77. The van der Waals surface area contributed by atoms with Crippen molar-refractivity contribution in [1.29, 1.82) is 0 Å². The van der Waals surface area contributed by atoms with E-state index in [0.717, 1.165) is 27.4 Å². The molecule has 0 amide bonds. The number of rotatable bonds is 4. The van der Waals surface area contributed by atoms with Crippen molar-refractivity contribution in [3.63, 3.8) is 0 Å². The molecule has 5 aromatic rings. The second-order valence-corrected chi connectivity index (χ2v) is 7.77. The summed E-state index contributed by atoms with van der Waals surface area (Å²) < 4.78 is 9.39. The molecule has 3 aromatic carbocycles. The summed E-state index contributed by atoms with van der Waals surface area (Å²) in [5.41, 5.74) is 10.1. The highest BCUT2D eigenvalue weighted by Crippen LogP contribution is 2.31. The lowest BCUT2D eigenvalue weighted by Crippen LogP contribution is -2.24. The minimum atomic E-state index is -0.115. The molecule has 31 heavy (non-hydrogen) atoms. The number of aryl methyl sites for hydroxylation is 2. The quantitative estimate of drug-likeness (QED) is 0.439. The van der Waals surface area contributed by atoms with Crippen LogP contribution in [0.2, 0.25) is 0 Å². The van der Waals surface area contributed by atoms with E-state index in [1.165, 1.54) is 4.68 Å². The number of aromatic nitrogens is 3. The summed E-state index contributed by atoms with van der Waals surface area (Å²) in [5.74, 6) is 1.34. The van der Waals surface area contributed by atoms with E-state index >= 15 is 0 Å². The van der Waals surface area contributed by atoms with Gasteiger partial charge < -0.3 is 15.0 Å². The van der Waals surface area contributed by atoms with Gasteiger partial charge in [0.1, 0.15) is 17.0 Å². The lowest BCUT2D eigenvalue weighted by molar-refractivity contribution is 0.483. The van der Waals surface area contributed by atoms with Crippen LogP contribution in [0.15, 0.2) is 77.7 Å². The molecule has 0 aliphatic rings. The van der Waals surface area contributed by atoms with Crippen molar-refractivity contribution in [2.45, 2.75) is 13.5 Å². The van der Waals surface area contributed by atoms with Crippen LogP contribution in [0.4, 0.5) is 5.69 Å². The van der Waals surface area contributed by atoms with Crippen LogP contribution in [0.25, 0.3) is 21.8 Å². The third kappa shape index (κ3) is 3.42. The Labute approximate surface area is 179 Å². The van der Waals surface area contributed by atoms with Gasteiger partial charge in [0.25, 0.3) is 5.56 Å². The van der Waals surface area contributed by atoms with Gasteiger partial charge >= 0.3 is 0 Å². The summed E-state index contributed by atoms with van der Waals surface area (Å²) in [6.45, 7) is 2.47. The van der Waals surface area contributed by atoms with E-state index in [2.05, 4.69) is 11.2 Å². The lowest BCUT2D eigenvalue weighted by atomic mass is 10.1. The molecule has 6 heteroatoms. The van der Waals surface area contributed by atoms with E-state index in [4.69, 9.17) is 10.5 Å². The summed E-state index contributed by atoms with van der Waals surface area (Å²) in [6, 6.07) is 21.2. The predicted octanol–water partition coefficient (Wildman–Crippen LogP) is 4.62. The number of nitrogens with two attached hydrogens (primary N) is 1. The lowest BCUT2D eigenvalue weighted by Gasteiger charge is -2.07. The minimum Gasteiger partial charge on any atom is -0.457 e. The van der Waals surface area contributed by atoms with Crippen molar-refractivity contribution in [1.82, 2.24) is 14.3 Å². The second kappa shape index (κ2) is 7.32. The molecule has 0 bridgehead atoms. The van der Waals surface area contributed by atoms with Crippen LogP contribution < -0.4 is 16.0 Å². The number of nitrogen functional groups attached to an aromatic ring is 1. The SMILES string of the molecule is Cc1cccc(Cn2ncc3c4ccc(Oc5cccc(N)c5)cc4n(C)c3c2=O)c1. The number of hydrogen-bond donors (Lipinski definition) is 1. The summed E-state index contributed by atoms with van der Waals surface area (Å²) in [4.78, 5) is 13.3. The molecule has 2 heterocycles. The molecule has 0 fully saturated rings. The fraction of sp³-hybridized carbons (Fsp3) is 0.120. The summed E-state index contributed by atoms with van der Waals surface area (Å²) in [6.07, 6.45) is 1.77. The minimum absolute atomic E-state index is 0.115. The molecule has 0 radical (unpaired) electrons. The highest BCUT2D eigenvalue weighted by Gasteiger charge is 2.15. The van der Waals surface area contributed by atoms with Gasteiger partial charge in [0.05, 0.1) is 18.3 Å². The first kappa shape index (κ1) is 18.9. The van der Waals surface area contributed by atoms with Crippen LogP contribution in [-0.4, -0.2) is 14.3 Å². The molecule has 0 aliphatic carbocycles. The average Bonchev–Trinajstić information content (AvgIpc) is 3.02. The molecule has 0 saturated carbocycles. The molecular formula is C25H22N4O2. The van der Waals surface area contributed by atoms with Gasteiger partial charge in [-0.2, -0.15) is 5.10 Å².